The average Bonchev–Trinajstić information content (AvgIpc) is 2.74. The summed E-state index contributed by atoms with van der Waals surface area (Å²) in [6.07, 6.45) is 2.94. The van der Waals surface area contributed by atoms with Crippen molar-refractivity contribution in [2.75, 3.05) is 13.1 Å². The summed E-state index contributed by atoms with van der Waals surface area (Å²) < 4.78 is 0. The van der Waals surface area contributed by atoms with E-state index in [2.05, 4.69) is 93.1 Å². The molecule has 0 heterocycles. The van der Waals surface area contributed by atoms with Gasteiger partial charge < -0.3 is 15.3 Å². The van der Waals surface area contributed by atoms with E-state index in [9.17, 15) is 15.3 Å². The van der Waals surface area contributed by atoms with Gasteiger partial charge in [-0.15, -0.1) is 6.10 Å². The van der Waals surface area contributed by atoms with Crippen LogP contribution in [0, 0.1) is 0 Å². The van der Waals surface area contributed by atoms with Gasteiger partial charge in [0.25, 0.3) is 0 Å². The largest absolute Gasteiger partial charge is 3.00 e. The van der Waals surface area contributed by atoms with Gasteiger partial charge in [0.15, 0.2) is 0 Å². The molecule has 224 valence electrons. The molecule has 0 fully saturated rings. The monoisotopic (exact) mass is 576 g/mol. The zero-order valence-electron chi connectivity index (χ0n) is 28.2. The van der Waals surface area contributed by atoms with E-state index in [4.69, 9.17) is 0 Å². The van der Waals surface area contributed by atoms with Crippen molar-refractivity contribution >= 4 is 29.8 Å². The summed E-state index contributed by atoms with van der Waals surface area (Å²) >= 11 is 0. The van der Waals surface area contributed by atoms with Crippen LogP contribution in [-0.4, -0.2) is 49.0 Å². The SMILES string of the molecule is CC(C)(C)c1cc(C=NCCN=Cc2cc(C(C)(C)C)cc(C(C)(C)C)c2[O-])c([O-])c(C(C)(C)C)c1.CC(C)[O-].[Al+3]. The zero-order valence-corrected chi connectivity index (χ0v) is 29.3. The molecule has 0 aliphatic heterocycles. The normalized spacial score (nSPS) is 13.0. The first-order chi connectivity index (χ1) is 18.0. The van der Waals surface area contributed by atoms with Crippen molar-refractivity contribution in [1.29, 1.82) is 0 Å². The molecule has 0 saturated carbocycles. The number of hydrogen-bond donors (Lipinski definition) is 0. The van der Waals surface area contributed by atoms with Crippen LogP contribution in [0.25, 0.3) is 0 Å². The molecule has 6 heteroatoms. The molecule has 0 atom stereocenters. The van der Waals surface area contributed by atoms with Gasteiger partial charge in [0.05, 0.1) is 13.1 Å². The molecular weight excluding hydrogens is 523 g/mol. The molecule has 0 aromatic heterocycles. The molecule has 0 amide bonds. The van der Waals surface area contributed by atoms with E-state index < -0.39 is 6.10 Å². The van der Waals surface area contributed by atoms with Crippen LogP contribution in [0.5, 0.6) is 11.5 Å². The fourth-order valence-corrected chi connectivity index (χ4v) is 3.92. The Bertz CT molecular complexity index is 1090. The molecule has 41 heavy (non-hydrogen) atoms. The van der Waals surface area contributed by atoms with Crippen LogP contribution in [0.15, 0.2) is 34.3 Å². The second kappa shape index (κ2) is 14.9. The van der Waals surface area contributed by atoms with E-state index in [1.165, 1.54) is 0 Å². The molecule has 0 unspecified atom stereocenters. The van der Waals surface area contributed by atoms with Crippen LogP contribution < -0.4 is 15.3 Å². The summed E-state index contributed by atoms with van der Waals surface area (Å²) in [4.78, 5) is 9.00. The summed E-state index contributed by atoms with van der Waals surface area (Å²) in [6.45, 7) is 29.4. The molecule has 0 aliphatic rings. The third-order valence-electron chi connectivity index (χ3n) is 6.40. The van der Waals surface area contributed by atoms with Crippen LogP contribution in [0.3, 0.4) is 0 Å². The molecule has 0 bridgehead atoms. The molecule has 2 rings (SSSR count). The number of aliphatic imine (C=N–C) groups is 2. The van der Waals surface area contributed by atoms with Crippen molar-refractivity contribution in [2.45, 2.75) is 125 Å². The molecule has 0 radical (unpaired) electrons. The third-order valence-corrected chi connectivity index (χ3v) is 6.40. The van der Waals surface area contributed by atoms with Gasteiger partial charge in [-0.25, -0.2) is 0 Å². The minimum Gasteiger partial charge on any atom is -0.872 e. The maximum Gasteiger partial charge on any atom is 3.00 e. The van der Waals surface area contributed by atoms with Gasteiger partial charge in [-0.2, -0.15) is 0 Å². The minimum atomic E-state index is -0.417. The third kappa shape index (κ3) is 12.3. The Balaban J connectivity index is 0.00000299. The first kappa shape index (κ1) is 38.9. The van der Waals surface area contributed by atoms with Gasteiger partial charge in [0.1, 0.15) is 0 Å². The second-order valence-corrected chi connectivity index (χ2v) is 15.0. The Morgan fingerprint density at radius 2 is 0.854 bits per heavy atom. The minimum absolute atomic E-state index is 0. The van der Waals surface area contributed by atoms with E-state index in [-0.39, 0.29) is 50.5 Å². The topological polar surface area (TPSA) is 93.9 Å². The Kier molecular flexibility index (Phi) is 14.1. The summed E-state index contributed by atoms with van der Waals surface area (Å²) in [5.74, 6) is 0.0694. The van der Waals surface area contributed by atoms with Gasteiger partial charge in [0, 0.05) is 12.4 Å². The van der Waals surface area contributed by atoms with Gasteiger partial charge in [-0.3, -0.25) is 9.98 Å². The van der Waals surface area contributed by atoms with Crippen LogP contribution in [0.1, 0.15) is 130 Å². The van der Waals surface area contributed by atoms with E-state index in [1.807, 2.05) is 24.3 Å². The standard InChI is InChI=1S/C32H48N2O2.C3H7O.Al/c1-29(2,3)23-15-21(27(35)25(17-23)31(7,8)9)19-33-13-14-34-20-22-16-24(30(4,5)6)18-26(28(22)36)32(10,11)12;1-3(2)4;/h15-20,35-36H,13-14H2,1-12H3;3H,1-2H3;/q;-1;+3/p-2. The first-order valence-electron chi connectivity index (χ1n) is 14.3. The van der Waals surface area contributed by atoms with Crippen LogP contribution in [0.2, 0.25) is 0 Å². The van der Waals surface area contributed by atoms with Gasteiger partial charge in [0.2, 0.25) is 0 Å². The predicted octanol–water partition coefficient (Wildman–Crippen LogP) is 5.94. The summed E-state index contributed by atoms with van der Waals surface area (Å²) in [6, 6.07) is 8.00. The Hall–Kier alpha value is -2.13. The van der Waals surface area contributed by atoms with Crippen molar-refractivity contribution < 1.29 is 15.3 Å². The summed E-state index contributed by atoms with van der Waals surface area (Å²) in [5.41, 5.74) is 4.50. The fourth-order valence-electron chi connectivity index (χ4n) is 3.92. The van der Waals surface area contributed by atoms with Crippen molar-refractivity contribution in [2.24, 2.45) is 9.98 Å². The molecule has 5 nitrogen and oxygen atoms in total. The Morgan fingerprint density at radius 3 is 1.07 bits per heavy atom. The summed E-state index contributed by atoms with van der Waals surface area (Å²) in [5, 5.41) is 35.7. The maximum absolute atomic E-state index is 13.1. The van der Waals surface area contributed by atoms with Crippen LogP contribution in [-0.2, 0) is 21.7 Å². The smallest absolute Gasteiger partial charge is 0.872 e. The number of hydrogen-bond acceptors (Lipinski definition) is 5. The molecule has 2 aromatic carbocycles. The molecule has 0 saturated heterocycles. The Morgan fingerprint density at radius 1 is 0.585 bits per heavy atom. The first-order valence-corrected chi connectivity index (χ1v) is 14.3. The van der Waals surface area contributed by atoms with Gasteiger partial charge >= 0.3 is 17.4 Å². The quantitative estimate of drug-likeness (QED) is 0.251. The zero-order chi connectivity index (χ0) is 31.3. The number of rotatable bonds is 5. The van der Waals surface area contributed by atoms with Crippen molar-refractivity contribution in [3.05, 3.63) is 57.6 Å². The fraction of sp³-hybridized carbons (Fsp3) is 0.600. The maximum atomic E-state index is 13.1. The predicted molar refractivity (Wildman–Crippen MR) is 172 cm³/mol. The molecular formula is C35H53AlN2O3. The molecule has 0 spiro atoms. The van der Waals surface area contributed by atoms with Crippen molar-refractivity contribution in [1.82, 2.24) is 0 Å². The Labute approximate surface area is 261 Å². The average molecular weight is 577 g/mol. The van der Waals surface area contributed by atoms with E-state index >= 15 is 0 Å². The van der Waals surface area contributed by atoms with Crippen LogP contribution in [0.4, 0.5) is 0 Å². The number of nitrogens with zero attached hydrogens (tertiary/aromatic N) is 2. The number of benzene rings is 2. The molecule has 0 N–H and O–H groups in total. The van der Waals surface area contributed by atoms with E-state index in [0.29, 0.717) is 24.2 Å². The molecule has 2 aromatic rings. The second-order valence-electron chi connectivity index (χ2n) is 15.0. The van der Waals surface area contributed by atoms with Gasteiger partial charge in [-0.1, -0.05) is 133 Å². The van der Waals surface area contributed by atoms with E-state index in [0.717, 1.165) is 22.3 Å². The van der Waals surface area contributed by atoms with Crippen molar-refractivity contribution in [3.8, 4) is 11.5 Å². The summed E-state index contributed by atoms with van der Waals surface area (Å²) in [7, 11) is 0. The van der Waals surface area contributed by atoms with Gasteiger partial charge in [-0.05, 0) is 55.0 Å². The van der Waals surface area contributed by atoms with Crippen molar-refractivity contribution in [3.63, 3.8) is 0 Å². The molecule has 0 aliphatic carbocycles. The van der Waals surface area contributed by atoms with Crippen LogP contribution >= 0.6 is 0 Å². The van der Waals surface area contributed by atoms with E-state index in [1.54, 1.807) is 26.3 Å².